The summed E-state index contributed by atoms with van der Waals surface area (Å²) in [5.74, 6) is 0.631. The van der Waals surface area contributed by atoms with Gasteiger partial charge in [-0.25, -0.2) is 15.0 Å². The largest absolute Gasteiger partial charge is 0.456 e. The van der Waals surface area contributed by atoms with Crippen molar-refractivity contribution in [3.8, 4) is 67.5 Å². The summed E-state index contributed by atoms with van der Waals surface area (Å²) in [5, 5.41) is 6.59. The van der Waals surface area contributed by atoms with Gasteiger partial charge in [-0.2, -0.15) is 0 Å². The highest BCUT2D eigenvalue weighted by atomic mass is 16.3. The predicted molar refractivity (Wildman–Crippen MR) is 252 cm³/mol. The summed E-state index contributed by atoms with van der Waals surface area (Å²) in [6.07, 6.45) is 0. The monoisotopic (exact) mass is 783 g/mol. The molecule has 0 spiro atoms. The van der Waals surface area contributed by atoms with E-state index in [0.29, 0.717) is 28.3 Å². The first-order valence-electron chi connectivity index (χ1n) is 23.1. The van der Waals surface area contributed by atoms with Crippen LogP contribution in [-0.2, 0) is 0 Å². The topological polar surface area (TPSA) is 51.8 Å². The molecule has 0 bridgehead atoms. The minimum atomic E-state index is -0.349. The number of benzene rings is 10. The van der Waals surface area contributed by atoms with Crippen LogP contribution in [0.5, 0.6) is 0 Å². The molecule has 0 fully saturated rings. The van der Waals surface area contributed by atoms with Gasteiger partial charge in [-0.05, 0) is 89.9 Å². The third-order valence-electron chi connectivity index (χ3n) is 11.5. The molecular formula is C57H35N3O. The van der Waals surface area contributed by atoms with Crippen LogP contribution >= 0.6 is 0 Å². The number of hydrogen-bond acceptors (Lipinski definition) is 4. The van der Waals surface area contributed by atoms with E-state index in [2.05, 4.69) is 24.3 Å². The highest BCUT2D eigenvalue weighted by molar-refractivity contribution is 6.26. The van der Waals surface area contributed by atoms with Crippen LogP contribution in [0.25, 0.3) is 122 Å². The second kappa shape index (κ2) is 14.3. The average molecular weight is 784 g/mol. The molecule has 0 N–H and O–H groups in total. The van der Waals surface area contributed by atoms with Crippen molar-refractivity contribution in [2.45, 2.75) is 0 Å². The SMILES string of the molecule is [2H]c1c([2H])c(-c2ccc3c4ccccc4c4ccccc4c3c2)c2c(oc3c([2H])c(-c4nc(-c5ccc(-c6ccccc6)cc5)nc(-c5ccc(-c6ccccc6)cc5)n4)c([2H])c([2H])c32)c1[2H]. The van der Waals surface area contributed by atoms with Crippen molar-refractivity contribution in [1.29, 1.82) is 0 Å². The molecule has 4 heteroatoms. The molecule has 10 aromatic carbocycles. The van der Waals surface area contributed by atoms with Crippen LogP contribution in [0.15, 0.2) is 217 Å². The summed E-state index contributed by atoms with van der Waals surface area (Å²) < 4.78 is 62.7. The van der Waals surface area contributed by atoms with Gasteiger partial charge in [0.25, 0.3) is 0 Å². The number of aromatic nitrogens is 3. The van der Waals surface area contributed by atoms with Gasteiger partial charge in [0.05, 0.1) is 8.22 Å². The van der Waals surface area contributed by atoms with Gasteiger partial charge in [-0.1, -0.05) is 188 Å². The number of hydrogen-bond donors (Lipinski definition) is 0. The Labute approximate surface area is 360 Å². The lowest BCUT2D eigenvalue weighted by Crippen LogP contribution is -2.00. The molecule has 4 nitrogen and oxygen atoms in total. The fourth-order valence-corrected chi connectivity index (χ4v) is 8.47. The smallest absolute Gasteiger partial charge is 0.164 e. The maximum absolute atomic E-state index is 9.72. The van der Waals surface area contributed by atoms with E-state index in [9.17, 15) is 5.48 Å². The van der Waals surface area contributed by atoms with Crippen molar-refractivity contribution in [2.75, 3.05) is 0 Å². The number of nitrogens with zero attached hydrogens (tertiary/aromatic N) is 3. The van der Waals surface area contributed by atoms with Crippen LogP contribution in [0.4, 0.5) is 0 Å². The number of fused-ring (bicyclic) bond motifs is 9. The van der Waals surface area contributed by atoms with E-state index in [1.54, 1.807) is 0 Å². The Morgan fingerprint density at radius 3 is 1.33 bits per heavy atom. The zero-order valence-corrected chi connectivity index (χ0v) is 32.5. The molecular weight excluding hydrogens is 743 g/mol. The standard InChI is InChI=1S/C57H35N3O/c1-3-12-36(13-4-1)38-22-26-40(27-23-38)55-58-56(41-28-24-39(25-29-41)37-14-5-2-6-15-37)60-57(59-55)43-31-33-50-53(35-43)61-52-21-11-20-44(54(50)52)42-30-32-49-47-18-8-7-16-45(47)46-17-9-10-19-48(46)51(49)34-42/h1-35H/i11D,20D,21D,31D,33D,35D. The Bertz CT molecular complexity index is 3830. The van der Waals surface area contributed by atoms with E-state index >= 15 is 0 Å². The Morgan fingerprint density at radius 1 is 0.328 bits per heavy atom. The van der Waals surface area contributed by atoms with Gasteiger partial charge in [0.1, 0.15) is 11.2 Å². The van der Waals surface area contributed by atoms with Crippen LogP contribution in [0.1, 0.15) is 8.22 Å². The number of furan rings is 1. The van der Waals surface area contributed by atoms with E-state index in [-0.39, 0.29) is 75.1 Å². The first-order chi connectivity index (χ1) is 32.7. The van der Waals surface area contributed by atoms with Gasteiger partial charge >= 0.3 is 0 Å². The molecule has 0 atom stereocenters. The number of rotatable bonds is 6. The summed E-state index contributed by atoms with van der Waals surface area (Å²) >= 11 is 0. The van der Waals surface area contributed by atoms with Gasteiger partial charge in [0.2, 0.25) is 0 Å². The van der Waals surface area contributed by atoms with Crippen LogP contribution in [-0.4, -0.2) is 15.0 Å². The molecule has 12 aromatic rings. The fraction of sp³-hybridized carbons (Fsp3) is 0. The van der Waals surface area contributed by atoms with Gasteiger partial charge in [0.15, 0.2) is 17.5 Å². The summed E-state index contributed by atoms with van der Waals surface area (Å²) in [7, 11) is 0. The van der Waals surface area contributed by atoms with Crippen molar-refractivity contribution in [3.63, 3.8) is 0 Å². The van der Waals surface area contributed by atoms with E-state index in [1.165, 1.54) is 0 Å². The molecule has 0 unspecified atom stereocenters. The zero-order valence-electron chi connectivity index (χ0n) is 38.5. The summed E-state index contributed by atoms with van der Waals surface area (Å²) in [4.78, 5) is 14.7. The molecule has 0 aliphatic rings. The third-order valence-corrected chi connectivity index (χ3v) is 11.5. The second-order valence-corrected chi connectivity index (χ2v) is 15.1. The van der Waals surface area contributed by atoms with Crippen molar-refractivity contribution in [3.05, 3.63) is 212 Å². The van der Waals surface area contributed by atoms with Crippen molar-refractivity contribution in [2.24, 2.45) is 0 Å². The molecule has 0 saturated heterocycles. The molecule has 284 valence electrons. The first kappa shape index (κ1) is 29.1. The van der Waals surface area contributed by atoms with Gasteiger partial charge in [-0.15, -0.1) is 0 Å². The van der Waals surface area contributed by atoms with Crippen molar-refractivity contribution < 1.29 is 12.6 Å². The minimum Gasteiger partial charge on any atom is -0.456 e. The lowest BCUT2D eigenvalue weighted by Gasteiger charge is -2.12. The molecule has 0 saturated carbocycles. The minimum absolute atomic E-state index is 0.00689. The molecule has 0 radical (unpaired) electrons. The zero-order chi connectivity index (χ0) is 45.5. The van der Waals surface area contributed by atoms with Gasteiger partial charge in [0, 0.05) is 27.5 Å². The first-order valence-corrected chi connectivity index (χ1v) is 20.1. The highest BCUT2D eigenvalue weighted by Gasteiger charge is 2.18. The molecule has 2 heterocycles. The van der Waals surface area contributed by atoms with E-state index in [4.69, 9.17) is 22.1 Å². The van der Waals surface area contributed by atoms with E-state index in [1.807, 2.05) is 152 Å². The van der Waals surface area contributed by atoms with Gasteiger partial charge < -0.3 is 4.42 Å². The van der Waals surface area contributed by atoms with Gasteiger partial charge in [-0.3, -0.25) is 0 Å². The highest BCUT2D eigenvalue weighted by Crippen LogP contribution is 2.42. The molecule has 2 aromatic heterocycles. The average Bonchev–Trinajstić information content (AvgIpc) is 3.79. The van der Waals surface area contributed by atoms with Crippen LogP contribution in [0.2, 0.25) is 0 Å². The van der Waals surface area contributed by atoms with Crippen molar-refractivity contribution >= 4 is 54.3 Å². The molecule has 0 amide bonds. The van der Waals surface area contributed by atoms with Crippen LogP contribution in [0.3, 0.4) is 0 Å². The predicted octanol–water partition coefficient (Wildman–Crippen LogP) is 15.2. The lowest BCUT2D eigenvalue weighted by molar-refractivity contribution is 0.669. The van der Waals surface area contributed by atoms with Crippen LogP contribution < -0.4 is 0 Å². The molecule has 0 aliphatic carbocycles. The Hall–Kier alpha value is -8.21. The fourth-order valence-electron chi connectivity index (χ4n) is 8.47. The Balaban J connectivity index is 1.07. The third kappa shape index (κ3) is 6.04. The van der Waals surface area contributed by atoms with E-state index in [0.717, 1.165) is 54.6 Å². The quantitative estimate of drug-likeness (QED) is 0.158. The molecule has 61 heavy (non-hydrogen) atoms. The van der Waals surface area contributed by atoms with Crippen molar-refractivity contribution in [1.82, 2.24) is 15.0 Å². The summed E-state index contributed by atoms with van der Waals surface area (Å²) in [6, 6.07) is 56.3. The lowest BCUT2D eigenvalue weighted by atomic mass is 9.91. The van der Waals surface area contributed by atoms with Crippen LogP contribution in [0, 0.1) is 0 Å². The summed E-state index contributed by atoms with van der Waals surface area (Å²) in [6.45, 7) is 0. The maximum atomic E-state index is 9.72. The second-order valence-electron chi connectivity index (χ2n) is 15.1. The Morgan fingerprint density at radius 2 is 0.770 bits per heavy atom. The molecule has 0 aliphatic heterocycles. The Kier molecular flexibility index (Phi) is 6.80. The van der Waals surface area contributed by atoms with E-state index < -0.39 is 0 Å². The normalized spacial score (nSPS) is 13.0. The maximum Gasteiger partial charge on any atom is 0.164 e. The summed E-state index contributed by atoms with van der Waals surface area (Å²) in [5.41, 5.74) is 6.23. The molecule has 12 rings (SSSR count).